The lowest BCUT2D eigenvalue weighted by atomic mass is 10.1. The van der Waals surface area contributed by atoms with E-state index in [-0.39, 0.29) is 24.8 Å². The van der Waals surface area contributed by atoms with Crippen molar-refractivity contribution in [3.63, 3.8) is 0 Å². The predicted molar refractivity (Wildman–Crippen MR) is 80.0 cm³/mol. The summed E-state index contributed by atoms with van der Waals surface area (Å²) in [7, 11) is 0. The van der Waals surface area contributed by atoms with Gasteiger partial charge in [-0.2, -0.15) is 13.8 Å². The number of rotatable bonds is 7. The minimum Gasteiger partial charge on any atom is -0.368 e. The highest BCUT2D eigenvalue weighted by Crippen LogP contribution is 2.32. The zero-order valence-corrected chi connectivity index (χ0v) is 13.2. The van der Waals surface area contributed by atoms with Gasteiger partial charge < -0.3 is 13.8 Å². The first kappa shape index (κ1) is 17.2. The van der Waals surface area contributed by atoms with E-state index < -0.39 is 11.3 Å². The molecule has 0 aliphatic carbocycles. The number of carbonyl (C=O) groups excluding carboxylic acids is 1. The average molecular weight is 370 g/mol. The van der Waals surface area contributed by atoms with Crippen LogP contribution in [0.5, 0.6) is 0 Å². The van der Waals surface area contributed by atoms with Gasteiger partial charge in [0.15, 0.2) is 5.78 Å². The van der Waals surface area contributed by atoms with Crippen LogP contribution in [0.1, 0.15) is 21.8 Å². The number of ketones is 1. The molecule has 0 N–H and O–H groups in total. The number of aromatic nitrogens is 3. The first-order chi connectivity index (χ1) is 11.9. The molecule has 130 valence electrons. The lowest BCUT2D eigenvalue weighted by molar-refractivity contribution is 0.0551. The van der Waals surface area contributed by atoms with E-state index in [9.17, 15) is 13.6 Å². The van der Waals surface area contributed by atoms with Crippen molar-refractivity contribution in [2.24, 2.45) is 0 Å². The van der Waals surface area contributed by atoms with Crippen LogP contribution in [0.15, 0.2) is 45.8 Å². The molecule has 0 saturated heterocycles. The average Bonchev–Trinajstić information content (AvgIpc) is 3.26. The summed E-state index contributed by atoms with van der Waals surface area (Å²) in [6.45, 7) is 0.0704. The van der Waals surface area contributed by atoms with Crippen LogP contribution in [0, 0.1) is 0 Å². The first-order valence-corrected chi connectivity index (χ1v) is 7.32. The maximum Gasteiger partial charge on any atom is 0.400 e. The van der Waals surface area contributed by atoms with Gasteiger partial charge in [-0.1, -0.05) is 34.6 Å². The molecule has 0 aliphatic rings. The van der Waals surface area contributed by atoms with Gasteiger partial charge >= 0.3 is 11.3 Å². The van der Waals surface area contributed by atoms with Crippen LogP contribution in [-0.2, 0) is 16.7 Å². The monoisotopic (exact) mass is 369 g/mol. The van der Waals surface area contributed by atoms with Crippen molar-refractivity contribution in [3.8, 4) is 11.4 Å². The topological polar surface area (TPSA) is 91.2 Å². The van der Waals surface area contributed by atoms with Crippen LogP contribution >= 0.6 is 11.6 Å². The normalized spacial score (nSPS) is 11.6. The number of nitrogens with zero attached hydrogens (tertiary/aromatic N) is 3. The molecule has 0 spiro atoms. The summed E-state index contributed by atoms with van der Waals surface area (Å²) in [5, 5.41) is 3.22. The summed E-state index contributed by atoms with van der Waals surface area (Å²) >= 11 is 4.81. The molecule has 7 nitrogen and oxygen atoms in total. The van der Waals surface area contributed by atoms with Crippen LogP contribution in [0.25, 0.3) is 11.4 Å². The van der Waals surface area contributed by atoms with E-state index >= 15 is 0 Å². The minimum absolute atomic E-state index is 0.0574. The molecule has 0 aliphatic heterocycles. The van der Waals surface area contributed by atoms with Gasteiger partial charge in [0.2, 0.25) is 5.82 Å². The molecule has 0 fully saturated rings. The van der Waals surface area contributed by atoms with Gasteiger partial charge in [0.05, 0.1) is 12.8 Å². The van der Waals surface area contributed by atoms with Crippen molar-refractivity contribution in [2.75, 3.05) is 6.61 Å². The van der Waals surface area contributed by atoms with Crippen molar-refractivity contribution in [1.29, 1.82) is 0 Å². The molecule has 25 heavy (non-hydrogen) atoms. The van der Waals surface area contributed by atoms with Crippen molar-refractivity contribution < 1.29 is 27.4 Å². The van der Waals surface area contributed by atoms with E-state index in [1.54, 1.807) is 0 Å². The Kier molecular flexibility index (Phi) is 4.86. The molecule has 0 bridgehead atoms. The van der Waals surface area contributed by atoms with Crippen molar-refractivity contribution in [2.45, 2.75) is 12.0 Å². The Morgan fingerprint density at radius 2 is 2.04 bits per heavy atom. The Balaban J connectivity index is 1.61. The zero-order valence-electron chi connectivity index (χ0n) is 12.5. The van der Waals surface area contributed by atoms with Gasteiger partial charge in [0.1, 0.15) is 12.9 Å². The molecule has 2 heterocycles. The molecule has 0 atom stereocenters. The highest BCUT2D eigenvalue weighted by atomic mass is 35.5. The fourth-order valence-electron chi connectivity index (χ4n) is 1.90. The van der Waals surface area contributed by atoms with E-state index in [0.29, 0.717) is 16.7 Å². The number of Topliss-reactive ketones (excluding diaryl/α,β-unsaturated/α-hetero) is 1. The summed E-state index contributed by atoms with van der Waals surface area (Å²) in [6, 6.07) is 6.03. The van der Waals surface area contributed by atoms with Gasteiger partial charge in [-0.25, -0.2) is 0 Å². The van der Waals surface area contributed by atoms with Crippen LogP contribution in [-0.4, -0.2) is 27.7 Å². The molecular weight excluding hydrogens is 360 g/mol. The molecule has 0 radical (unpaired) electrons. The highest BCUT2D eigenvalue weighted by Gasteiger charge is 2.35. The van der Waals surface area contributed by atoms with E-state index in [1.165, 1.54) is 36.7 Å². The third-order valence-electron chi connectivity index (χ3n) is 3.12. The SMILES string of the molecule is O=C(COCc1cnoc1)c1ccc(-c2noc(C(F)(F)Cl)n2)cc1. The zero-order chi connectivity index (χ0) is 17.9. The second kappa shape index (κ2) is 7.08. The largest absolute Gasteiger partial charge is 0.400 e. The molecule has 0 unspecified atom stereocenters. The molecule has 3 rings (SSSR count). The molecule has 2 aromatic heterocycles. The predicted octanol–water partition coefficient (Wildman–Crippen LogP) is 3.41. The first-order valence-electron chi connectivity index (χ1n) is 6.94. The second-order valence-corrected chi connectivity index (χ2v) is 5.42. The van der Waals surface area contributed by atoms with Crippen LogP contribution < -0.4 is 0 Å². The standard InChI is InChI=1S/C15H10ClF2N3O4/c16-15(17,18)14-20-13(21-25-14)11-3-1-10(2-4-11)12(22)8-23-6-9-5-19-24-7-9/h1-5,7H,6,8H2. The fourth-order valence-corrected chi connectivity index (χ4v) is 1.98. The van der Waals surface area contributed by atoms with Crippen molar-refractivity contribution in [3.05, 3.63) is 53.7 Å². The third-order valence-corrected chi connectivity index (χ3v) is 3.28. The Morgan fingerprint density at radius 1 is 1.28 bits per heavy atom. The number of hydrogen-bond acceptors (Lipinski definition) is 7. The van der Waals surface area contributed by atoms with E-state index in [4.69, 9.17) is 16.3 Å². The smallest absolute Gasteiger partial charge is 0.368 e. The van der Waals surface area contributed by atoms with Gasteiger partial charge in [-0.15, -0.1) is 0 Å². The van der Waals surface area contributed by atoms with E-state index in [2.05, 4.69) is 24.3 Å². The number of alkyl halides is 3. The Labute approximate surface area is 144 Å². The maximum absolute atomic E-state index is 12.9. The fraction of sp³-hybridized carbons (Fsp3) is 0.200. The van der Waals surface area contributed by atoms with Gasteiger partial charge in [0, 0.05) is 16.7 Å². The van der Waals surface area contributed by atoms with Crippen LogP contribution in [0.4, 0.5) is 8.78 Å². The summed E-state index contributed by atoms with van der Waals surface area (Å²) in [5.74, 6) is -1.30. The molecule has 10 heteroatoms. The molecular formula is C15H10ClF2N3O4. The quantitative estimate of drug-likeness (QED) is 0.465. The number of hydrogen-bond donors (Lipinski definition) is 0. The Morgan fingerprint density at radius 3 is 2.64 bits per heavy atom. The maximum atomic E-state index is 12.9. The molecule has 0 saturated carbocycles. The van der Waals surface area contributed by atoms with Crippen molar-refractivity contribution >= 4 is 17.4 Å². The van der Waals surface area contributed by atoms with Crippen molar-refractivity contribution in [1.82, 2.24) is 15.3 Å². The number of carbonyl (C=O) groups is 1. The third kappa shape index (κ3) is 4.25. The summed E-state index contributed by atoms with van der Waals surface area (Å²) in [6.07, 6.45) is 2.91. The number of ether oxygens (including phenoxy) is 1. The Bertz CT molecular complexity index is 845. The summed E-state index contributed by atoms with van der Waals surface area (Å²) in [4.78, 5) is 15.5. The molecule has 0 amide bonds. The lowest BCUT2D eigenvalue weighted by Crippen LogP contribution is -2.08. The minimum atomic E-state index is -3.73. The van der Waals surface area contributed by atoms with E-state index in [1.807, 2.05) is 0 Å². The van der Waals surface area contributed by atoms with Gasteiger partial charge in [-0.05, 0) is 11.6 Å². The highest BCUT2D eigenvalue weighted by molar-refractivity contribution is 6.21. The van der Waals surface area contributed by atoms with Crippen LogP contribution in [0.2, 0.25) is 0 Å². The Hall–Kier alpha value is -2.65. The lowest BCUT2D eigenvalue weighted by Gasteiger charge is -2.03. The molecule has 1 aromatic carbocycles. The van der Waals surface area contributed by atoms with Gasteiger partial charge in [0.25, 0.3) is 0 Å². The van der Waals surface area contributed by atoms with E-state index in [0.717, 1.165) is 0 Å². The van der Waals surface area contributed by atoms with Gasteiger partial charge in [-0.3, -0.25) is 4.79 Å². The number of halogens is 3. The summed E-state index contributed by atoms with van der Waals surface area (Å²) in [5.41, 5.74) is 1.51. The van der Waals surface area contributed by atoms with Crippen LogP contribution in [0.3, 0.4) is 0 Å². The summed E-state index contributed by atoms with van der Waals surface area (Å²) < 4.78 is 40.1. The molecule has 3 aromatic rings. The number of benzene rings is 1. The second-order valence-electron chi connectivity index (χ2n) is 4.95.